The van der Waals surface area contributed by atoms with Gasteiger partial charge in [0.25, 0.3) is 0 Å². The van der Waals surface area contributed by atoms with Gasteiger partial charge in [0.2, 0.25) is 0 Å². The van der Waals surface area contributed by atoms with Crippen molar-refractivity contribution in [3.8, 4) is 5.75 Å². The molecule has 1 aromatic rings. The van der Waals surface area contributed by atoms with Gasteiger partial charge < -0.3 is 10.5 Å². The van der Waals surface area contributed by atoms with Crippen LogP contribution in [-0.2, 0) is 0 Å². The van der Waals surface area contributed by atoms with Gasteiger partial charge in [0, 0.05) is 11.6 Å². The summed E-state index contributed by atoms with van der Waals surface area (Å²) in [5.41, 5.74) is 6.96. The normalized spacial score (nSPS) is 14.7. The number of benzene rings is 1. The molecule has 15 heavy (non-hydrogen) atoms. The van der Waals surface area contributed by atoms with Crippen molar-refractivity contribution in [3.05, 3.63) is 29.8 Å². The predicted molar refractivity (Wildman–Crippen MR) is 64.0 cm³/mol. The second kappa shape index (κ2) is 5.76. The van der Waals surface area contributed by atoms with Crippen molar-refractivity contribution in [2.45, 2.75) is 33.2 Å². The minimum atomic E-state index is 0.0260. The molecule has 1 rings (SSSR count). The summed E-state index contributed by atoms with van der Waals surface area (Å²) in [4.78, 5) is 0. The average Bonchev–Trinajstić information content (AvgIpc) is 2.26. The Labute approximate surface area is 92.4 Å². The summed E-state index contributed by atoms with van der Waals surface area (Å²) in [7, 11) is 0. The Morgan fingerprint density at radius 3 is 2.53 bits per heavy atom. The summed E-state index contributed by atoms with van der Waals surface area (Å²) >= 11 is 0. The topological polar surface area (TPSA) is 35.2 Å². The fourth-order valence-electron chi connectivity index (χ4n) is 1.34. The first-order chi connectivity index (χ1) is 7.15. The Kier molecular flexibility index (Phi) is 4.63. The number of para-hydroxylation sites is 1. The first kappa shape index (κ1) is 12.1. The largest absolute Gasteiger partial charge is 0.493 e. The number of ether oxygens (including phenoxy) is 1. The van der Waals surface area contributed by atoms with Crippen LogP contribution in [0.1, 0.15) is 38.8 Å². The molecule has 0 fully saturated rings. The van der Waals surface area contributed by atoms with Crippen LogP contribution in [0.3, 0.4) is 0 Å². The summed E-state index contributed by atoms with van der Waals surface area (Å²) in [5, 5.41) is 0. The Hall–Kier alpha value is -1.02. The van der Waals surface area contributed by atoms with Gasteiger partial charge in [-0.15, -0.1) is 0 Å². The highest BCUT2D eigenvalue weighted by molar-refractivity contribution is 5.35. The van der Waals surface area contributed by atoms with Crippen LogP contribution < -0.4 is 10.5 Å². The highest BCUT2D eigenvalue weighted by atomic mass is 16.5. The third kappa shape index (κ3) is 3.56. The van der Waals surface area contributed by atoms with E-state index in [9.17, 15) is 0 Å². The molecule has 0 amide bonds. The van der Waals surface area contributed by atoms with Crippen LogP contribution in [0.2, 0.25) is 0 Å². The van der Waals surface area contributed by atoms with Gasteiger partial charge in [-0.25, -0.2) is 0 Å². The Morgan fingerprint density at radius 1 is 1.27 bits per heavy atom. The molecule has 2 atom stereocenters. The summed E-state index contributed by atoms with van der Waals surface area (Å²) in [5.74, 6) is 1.51. The first-order valence-corrected chi connectivity index (χ1v) is 5.62. The van der Waals surface area contributed by atoms with E-state index in [-0.39, 0.29) is 6.04 Å². The maximum atomic E-state index is 5.87. The standard InChI is InChI=1S/C13H21NO/c1-4-10(2)9-15-13-8-6-5-7-12(13)11(3)14/h5-8,10-11H,4,9,14H2,1-3H3/t10?,11-/m1/s1. The predicted octanol–water partition coefficient (Wildman–Crippen LogP) is 3.13. The van der Waals surface area contributed by atoms with Crippen LogP contribution in [0.4, 0.5) is 0 Å². The first-order valence-electron chi connectivity index (χ1n) is 5.62. The van der Waals surface area contributed by atoms with Gasteiger partial charge in [0.15, 0.2) is 0 Å². The van der Waals surface area contributed by atoms with E-state index in [4.69, 9.17) is 10.5 Å². The number of rotatable bonds is 5. The third-order valence-electron chi connectivity index (χ3n) is 2.63. The summed E-state index contributed by atoms with van der Waals surface area (Å²) < 4.78 is 5.77. The molecule has 0 saturated heterocycles. The minimum absolute atomic E-state index is 0.0260. The Morgan fingerprint density at radius 2 is 1.93 bits per heavy atom. The third-order valence-corrected chi connectivity index (χ3v) is 2.63. The highest BCUT2D eigenvalue weighted by Gasteiger charge is 2.08. The van der Waals surface area contributed by atoms with E-state index < -0.39 is 0 Å². The van der Waals surface area contributed by atoms with Gasteiger partial charge in [-0.1, -0.05) is 38.5 Å². The fraction of sp³-hybridized carbons (Fsp3) is 0.538. The van der Waals surface area contributed by atoms with Crippen molar-refractivity contribution < 1.29 is 4.74 Å². The summed E-state index contributed by atoms with van der Waals surface area (Å²) in [6.07, 6.45) is 1.14. The molecule has 1 unspecified atom stereocenters. The van der Waals surface area contributed by atoms with Crippen LogP contribution in [-0.4, -0.2) is 6.61 Å². The van der Waals surface area contributed by atoms with Crippen LogP contribution in [0.5, 0.6) is 5.75 Å². The lowest BCUT2D eigenvalue weighted by molar-refractivity contribution is 0.253. The SMILES string of the molecule is CCC(C)COc1ccccc1[C@@H](C)N. The maximum absolute atomic E-state index is 5.87. The Balaban J connectivity index is 2.67. The zero-order valence-corrected chi connectivity index (χ0v) is 9.86. The van der Waals surface area contributed by atoms with Crippen LogP contribution in [0, 0.1) is 5.92 Å². The monoisotopic (exact) mass is 207 g/mol. The van der Waals surface area contributed by atoms with E-state index in [1.54, 1.807) is 0 Å². The van der Waals surface area contributed by atoms with E-state index in [2.05, 4.69) is 13.8 Å². The number of hydrogen-bond donors (Lipinski definition) is 1. The van der Waals surface area contributed by atoms with Gasteiger partial charge in [-0.05, 0) is 18.9 Å². The molecular weight excluding hydrogens is 186 g/mol. The van der Waals surface area contributed by atoms with E-state index in [1.165, 1.54) is 0 Å². The van der Waals surface area contributed by atoms with Gasteiger partial charge in [-0.2, -0.15) is 0 Å². The molecule has 0 spiro atoms. The van der Waals surface area contributed by atoms with E-state index in [0.29, 0.717) is 5.92 Å². The molecule has 2 heteroatoms. The van der Waals surface area contributed by atoms with Crippen molar-refractivity contribution in [2.24, 2.45) is 11.7 Å². The molecule has 0 aliphatic heterocycles. The zero-order chi connectivity index (χ0) is 11.3. The van der Waals surface area contributed by atoms with Crippen LogP contribution in [0.25, 0.3) is 0 Å². The molecule has 2 nitrogen and oxygen atoms in total. The zero-order valence-electron chi connectivity index (χ0n) is 9.86. The van der Waals surface area contributed by atoms with E-state index in [1.807, 2.05) is 31.2 Å². The molecule has 0 aliphatic rings. The molecule has 0 radical (unpaired) electrons. The maximum Gasteiger partial charge on any atom is 0.124 e. The fourth-order valence-corrected chi connectivity index (χ4v) is 1.34. The van der Waals surface area contributed by atoms with E-state index in [0.717, 1.165) is 24.3 Å². The smallest absolute Gasteiger partial charge is 0.124 e. The van der Waals surface area contributed by atoms with E-state index >= 15 is 0 Å². The summed E-state index contributed by atoms with van der Waals surface area (Å²) in [6, 6.07) is 8.02. The second-order valence-corrected chi connectivity index (χ2v) is 4.15. The molecule has 0 aliphatic carbocycles. The summed E-state index contributed by atoms with van der Waals surface area (Å²) in [6.45, 7) is 7.10. The molecule has 0 bridgehead atoms. The average molecular weight is 207 g/mol. The van der Waals surface area contributed by atoms with Crippen molar-refractivity contribution in [3.63, 3.8) is 0 Å². The van der Waals surface area contributed by atoms with Gasteiger partial charge in [0.05, 0.1) is 6.61 Å². The van der Waals surface area contributed by atoms with Crippen LogP contribution in [0.15, 0.2) is 24.3 Å². The second-order valence-electron chi connectivity index (χ2n) is 4.15. The van der Waals surface area contributed by atoms with Gasteiger partial charge in [-0.3, -0.25) is 0 Å². The van der Waals surface area contributed by atoms with Crippen molar-refractivity contribution in [2.75, 3.05) is 6.61 Å². The molecule has 0 saturated carbocycles. The Bertz CT molecular complexity index is 296. The molecule has 0 heterocycles. The number of nitrogens with two attached hydrogens (primary N) is 1. The number of hydrogen-bond acceptors (Lipinski definition) is 2. The lowest BCUT2D eigenvalue weighted by atomic mass is 10.1. The molecular formula is C13H21NO. The lowest BCUT2D eigenvalue weighted by Gasteiger charge is -2.16. The lowest BCUT2D eigenvalue weighted by Crippen LogP contribution is -2.11. The van der Waals surface area contributed by atoms with Gasteiger partial charge in [0.1, 0.15) is 5.75 Å². The minimum Gasteiger partial charge on any atom is -0.493 e. The molecule has 1 aromatic carbocycles. The molecule has 2 N–H and O–H groups in total. The van der Waals surface area contributed by atoms with Crippen molar-refractivity contribution >= 4 is 0 Å². The van der Waals surface area contributed by atoms with Crippen molar-refractivity contribution in [1.29, 1.82) is 0 Å². The van der Waals surface area contributed by atoms with Crippen molar-refractivity contribution in [1.82, 2.24) is 0 Å². The molecule has 0 aromatic heterocycles. The van der Waals surface area contributed by atoms with Gasteiger partial charge >= 0.3 is 0 Å². The highest BCUT2D eigenvalue weighted by Crippen LogP contribution is 2.23. The molecule has 84 valence electrons. The quantitative estimate of drug-likeness (QED) is 0.805. The van der Waals surface area contributed by atoms with Crippen LogP contribution >= 0.6 is 0 Å².